The maximum absolute atomic E-state index is 13.4. The van der Waals surface area contributed by atoms with E-state index >= 15 is 0 Å². The highest BCUT2D eigenvalue weighted by molar-refractivity contribution is 6.43. The van der Waals surface area contributed by atoms with Crippen molar-refractivity contribution in [1.29, 1.82) is 0 Å². The van der Waals surface area contributed by atoms with Gasteiger partial charge in [-0.05, 0) is 36.2 Å². The smallest absolute Gasteiger partial charge is 0.314 e. The quantitative estimate of drug-likeness (QED) is 0.852. The molecule has 0 aliphatic carbocycles. The van der Waals surface area contributed by atoms with Crippen LogP contribution in [-0.4, -0.2) is 11.8 Å². The Balaban J connectivity index is 1.99. The van der Waals surface area contributed by atoms with Gasteiger partial charge in [-0.15, -0.1) is 0 Å². The Bertz CT molecular complexity index is 654. The standard InChI is InChI=1S/C16H15FN2O2/c1-2-11-7-9-12(10-8-11)18-15(20)16(21)19-14-6-4-3-5-13(14)17/h3-10H,2H2,1H3,(H,18,20)(H,19,21). The summed E-state index contributed by atoms with van der Waals surface area (Å²) in [5.41, 5.74) is 1.61. The molecule has 108 valence electrons. The molecular formula is C16H15FN2O2. The fourth-order valence-corrected chi connectivity index (χ4v) is 1.75. The van der Waals surface area contributed by atoms with Crippen LogP contribution in [-0.2, 0) is 16.0 Å². The number of hydrogen-bond acceptors (Lipinski definition) is 2. The van der Waals surface area contributed by atoms with E-state index in [1.807, 2.05) is 19.1 Å². The summed E-state index contributed by atoms with van der Waals surface area (Å²) in [5, 5.41) is 4.69. The van der Waals surface area contributed by atoms with Gasteiger partial charge in [0.1, 0.15) is 5.82 Å². The number of hydrogen-bond donors (Lipinski definition) is 2. The number of carbonyl (C=O) groups is 2. The van der Waals surface area contributed by atoms with Crippen molar-refractivity contribution in [2.75, 3.05) is 10.6 Å². The van der Waals surface area contributed by atoms with Crippen molar-refractivity contribution < 1.29 is 14.0 Å². The topological polar surface area (TPSA) is 58.2 Å². The van der Waals surface area contributed by atoms with E-state index in [4.69, 9.17) is 0 Å². The maximum atomic E-state index is 13.4. The second-order valence-corrected chi connectivity index (χ2v) is 4.44. The number of para-hydroxylation sites is 1. The van der Waals surface area contributed by atoms with Crippen LogP contribution in [0.15, 0.2) is 48.5 Å². The Morgan fingerprint density at radius 1 is 0.952 bits per heavy atom. The molecule has 2 N–H and O–H groups in total. The summed E-state index contributed by atoms with van der Waals surface area (Å²) in [6.45, 7) is 2.02. The summed E-state index contributed by atoms with van der Waals surface area (Å²) < 4.78 is 13.4. The van der Waals surface area contributed by atoms with Crippen molar-refractivity contribution in [1.82, 2.24) is 0 Å². The number of halogens is 1. The van der Waals surface area contributed by atoms with Crippen molar-refractivity contribution in [2.45, 2.75) is 13.3 Å². The highest BCUT2D eigenvalue weighted by atomic mass is 19.1. The number of amides is 2. The Labute approximate surface area is 122 Å². The van der Waals surface area contributed by atoms with Crippen molar-refractivity contribution in [2.24, 2.45) is 0 Å². The average molecular weight is 286 g/mol. The summed E-state index contributed by atoms with van der Waals surface area (Å²) in [6, 6.07) is 12.8. The highest BCUT2D eigenvalue weighted by Gasteiger charge is 2.15. The lowest BCUT2D eigenvalue weighted by Crippen LogP contribution is -2.29. The predicted molar refractivity (Wildman–Crippen MR) is 79.5 cm³/mol. The third kappa shape index (κ3) is 3.89. The molecule has 5 heteroatoms. The molecule has 2 rings (SSSR count). The van der Waals surface area contributed by atoms with Crippen LogP contribution in [0.5, 0.6) is 0 Å². The zero-order valence-electron chi connectivity index (χ0n) is 11.5. The van der Waals surface area contributed by atoms with Gasteiger partial charge in [0.05, 0.1) is 5.69 Å². The molecule has 2 amide bonds. The van der Waals surface area contributed by atoms with Crippen LogP contribution in [0, 0.1) is 5.82 Å². The number of benzene rings is 2. The van der Waals surface area contributed by atoms with Crippen LogP contribution in [0.2, 0.25) is 0 Å². The molecule has 0 bridgehead atoms. The van der Waals surface area contributed by atoms with Crippen LogP contribution < -0.4 is 10.6 Å². The van der Waals surface area contributed by atoms with E-state index in [9.17, 15) is 14.0 Å². The van der Waals surface area contributed by atoms with E-state index in [1.165, 1.54) is 18.2 Å². The van der Waals surface area contributed by atoms with E-state index in [2.05, 4.69) is 10.6 Å². The number of rotatable bonds is 3. The molecular weight excluding hydrogens is 271 g/mol. The minimum Gasteiger partial charge on any atom is -0.318 e. The van der Waals surface area contributed by atoms with E-state index in [0.717, 1.165) is 12.0 Å². The normalized spacial score (nSPS) is 10.0. The minimum atomic E-state index is -0.917. The van der Waals surface area contributed by atoms with Gasteiger partial charge in [0.25, 0.3) is 0 Å². The molecule has 0 aromatic heterocycles. The Morgan fingerprint density at radius 2 is 1.57 bits per heavy atom. The van der Waals surface area contributed by atoms with Gasteiger partial charge in [-0.2, -0.15) is 0 Å². The Morgan fingerprint density at radius 3 is 2.19 bits per heavy atom. The van der Waals surface area contributed by atoms with E-state index < -0.39 is 17.6 Å². The lowest BCUT2D eigenvalue weighted by molar-refractivity contribution is -0.133. The predicted octanol–water partition coefficient (Wildman–Crippen LogP) is 2.97. The second kappa shape index (κ2) is 6.65. The molecule has 0 spiro atoms. The van der Waals surface area contributed by atoms with Gasteiger partial charge >= 0.3 is 11.8 Å². The molecule has 21 heavy (non-hydrogen) atoms. The van der Waals surface area contributed by atoms with Crippen molar-refractivity contribution in [3.8, 4) is 0 Å². The maximum Gasteiger partial charge on any atom is 0.314 e. The fourth-order valence-electron chi connectivity index (χ4n) is 1.75. The molecule has 4 nitrogen and oxygen atoms in total. The van der Waals surface area contributed by atoms with Crippen LogP contribution in [0.25, 0.3) is 0 Å². The summed E-state index contributed by atoms with van der Waals surface area (Å²) in [7, 11) is 0. The van der Waals surface area contributed by atoms with Gasteiger partial charge in [-0.1, -0.05) is 31.2 Å². The summed E-state index contributed by atoms with van der Waals surface area (Å²) in [6.07, 6.45) is 0.891. The third-order valence-corrected chi connectivity index (χ3v) is 2.95. The van der Waals surface area contributed by atoms with Crippen LogP contribution >= 0.6 is 0 Å². The Kier molecular flexibility index (Phi) is 4.66. The minimum absolute atomic E-state index is 0.0287. The summed E-state index contributed by atoms with van der Waals surface area (Å²) in [5.74, 6) is -2.35. The van der Waals surface area contributed by atoms with Crippen molar-refractivity contribution >= 4 is 23.2 Å². The average Bonchev–Trinajstić information content (AvgIpc) is 2.50. The van der Waals surface area contributed by atoms with Gasteiger partial charge in [0, 0.05) is 5.69 Å². The molecule has 0 unspecified atom stereocenters. The molecule has 0 aliphatic rings. The van der Waals surface area contributed by atoms with E-state index in [1.54, 1.807) is 18.2 Å². The SMILES string of the molecule is CCc1ccc(NC(=O)C(=O)Nc2ccccc2F)cc1. The first-order valence-corrected chi connectivity index (χ1v) is 6.56. The molecule has 0 fully saturated rings. The zero-order chi connectivity index (χ0) is 15.2. The van der Waals surface area contributed by atoms with Crippen LogP contribution in [0.4, 0.5) is 15.8 Å². The van der Waals surface area contributed by atoms with Gasteiger partial charge in [-0.25, -0.2) is 4.39 Å². The number of carbonyl (C=O) groups excluding carboxylic acids is 2. The van der Waals surface area contributed by atoms with Gasteiger partial charge < -0.3 is 10.6 Å². The molecule has 0 aliphatic heterocycles. The molecule has 0 heterocycles. The van der Waals surface area contributed by atoms with Crippen molar-refractivity contribution in [3.63, 3.8) is 0 Å². The van der Waals surface area contributed by atoms with Crippen LogP contribution in [0.1, 0.15) is 12.5 Å². The molecule has 2 aromatic carbocycles. The van der Waals surface area contributed by atoms with E-state index in [-0.39, 0.29) is 5.69 Å². The zero-order valence-corrected chi connectivity index (χ0v) is 11.5. The molecule has 0 radical (unpaired) electrons. The monoisotopic (exact) mass is 286 g/mol. The first-order valence-electron chi connectivity index (χ1n) is 6.56. The lowest BCUT2D eigenvalue weighted by atomic mass is 10.1. The van der Waals surface area contributed by atoms with Gasteiger partial charge in [0.2, 0.25) is 0 Å². The number of aryl methyl sites for hydroxylation is 1. The van der Waals surface area contributed by atoms with E-state index in [0.29, 0.717) is 5.69 Å². The first kappa shape index (κ1) is 14.7. The summed E-state index contributed by atoms with van der Waals surface area (Å²) >= 11 is 0. The molecule has 0 atom stereocenters. The molecule has 0 saturated carbocycles. The number of nitrogens with one attached hydrogen (secondary N) is 2. The third-order valence-electron chi connectivity index (χ3n) is 2.95. The van der Waals surface area contributed by atoms with Gasteiger partial charge in [-0.3, -0.25) is 9.59 Å². The van der Waals surface area contributed by atoms with Crippen molar-refractivity contribution in [3.05, 3.63) is 59.9 Å². The second-order valence-electron chi connectivity index (χ2n) is 4.44. The lowest BCUT2D eigenvalue weighted by Gasteiger charge is -2.07. The van der Waals surface area contributed by atoms with Crippen LogP contribution in [0.3, 0.4) is 0 Å². The fraction of sp³-hybridized carbons (Fsp3) is 0.125. The Hall–Kier alpha value is -2.69. The highest BCUT2D eigenvalue weighted by Crippen LogP contribution is 2.13. The molecule has 2 aromatic rings. The summed E-state index contributed by atoms with van der Waals surface area (Å²) in [4.78, 5) is 23.4. The number of anilines is 2. The first-order chi connectivity index (χ1) is 10.1. The largest absolute Gasteiger partial charge is 0.318 e. The molecule has 0 saturated heterocycles. The van der Waals surface area contributed by atoms with Gasteiger partial charge in [0.15, 0.2) is 0 Å².